The zero-order valence-corrected chi connectivity index (χ0v) is 13.5. The molecule has 3 heterocycles. The van der Waals surface area contributed by atoms with Crippen molar-refractivity contribution < 1.29 is 8.42 Å². The van der Waals surface area contributed by atoms with E-state index in [1.54, 1.807) is 12.3 Å². The maximum atomic E-state index is 12.6. The molecule has 7 heteroatoms. The molecule has 21 heavy (non-hydrogen) atoms. The molecule has 0 saturated carbocycles. The SMILES string of the molecule is CNCc1cc(S(=O)(=O)NC2CCN3CCCC23)cn1C. The highest BCUT2D eigenvalue weighted by Crippen LogP contribution is 2.29. The van der Waals surface area contributed by atoms with Gasteiger partial charge < -0.3 is 9.88 Å². The number of aromatic nitrogens is 1. The zero-order valence-electron chi connectivity index (χ0n) is 12.7. The van der Waals surface area contributed by atoms with Gasteiger partial charge in [-0.05, 0) is 38.9 Å². The van der Waals surface area contributed by atoms with Crippen LogP contribution in [0.2, 0.25) is 0 Å². The van der Waals surface area contributed by atoms with Crippen LogP contribution in [-0.4, -0.2) is 50.1 Å². The first-order chi connectivity index (χ1) is 10.0. The lowest BCUT2D eigenvalue weighted by molar-refractivity contribution is 0.309. The summed E-state index contributed by atoms with van der Waals surface area (Å²) in [6.45, 7) is 2.78. The maximum absolute atomic E-state index is 12.6. The van der Waals surface area contributed by atoms with E-state index in [0.29, 0.717) is 17.5 Å². The van der Waals surface area contributed by atoms with E-state index in [1.807, 2.05) is 18.7 Å². The first kappa shape index (κ1) is 15.0. The third-order valence-corrected chi connectivity index (χ3v) is 6.12. The Balaban J connectivity index is 1.76. The monoisotopic (exact) mass is 312 g/mol. The molecule has 2 N–H and O–H groups in total. The predicted octanol–water partition coefficient (Wildman–Crippen LogP) is 0.260. The summed E-state index contributed by atoms with van der Waals surface area (Å²) in [5, 5.41) is 3.05. The summed E-state index contributed by atoms with van der Waals surface area (Å²) in [7, 11) is 0.301. The Labute approximate surface area is 126 Å². The number of hydrogen-bond acceptors (Lipinski definition) is 4. The lowest BCUT2D eigenvalue weighted by Gasteiger charge is -2.20. The van der Waals surface area contributed by atoms with E-state index in [9.17, 15) is 8.42 Å². The zero-order chi connectivity index (χ0) is 15.0. The van der Waals surface area contributed by atoms with E-state index >= 15 is 0 Å². The molecular weight excluding hydrogens is 288 g/mol. The van der Waals surface area contributed by atoms with E-state index < -0.39 is 10.0 Å². The Morgan fingerprint density at radius 2 is 2.14 bits per heavy atom. The second-order valence-corrected chi connectivity index (χ2v) is 7.78. The number of nitrogens with one attached hydrogen (secondary N) is 2. The van der Waals surface area contributed by atoms with Gasteiger partial charge in [0.05, 0.1) is 4.90 Å². The molecule has 0 amide bonds. The Kier molecular flexibility index (Phi) is 4.09. The number of sulfonamides is 1. The first-order valence-electron chi connectivity index (χ1n) is 7.57. The summed E-state index contributed by atoms with van der Waals surface area (Å²) < 4.78 is 30.0. The van der Waals surface area contributed by atoms with Crippen LogP contribution in [0.5, 0.6) is 0 Å². The molecule has 6 nitrogen and oxygen atoms in total. The van der Waals surface area contributed by atoms with Crippen LogP contribution in [0.25, 0.3) is 0 Å². The summed E-state index contributed by atoms with van der Waals surface area (Å²) in [5.74, 6) is 0. The molecule has 1 aromatic rings. The Bertz CT molecular complexity index is 610. The maximum Gasteiger partial charge on any atom is 0.242 e. The van der Waals surface area contributed by atoms with Crippen molar-refractivity contribution in [2.24, 2.45) is 7.05 Å². The average Bonchev–Trinajstić information content (AvgIpc) is 3.09. The smallest absolute Gasteiger partial charge is 0.242 e. The van der Waals surface area contributed by atoms with E-state index in [-0.39, 0.29) is 6.04 Å². The minimum absolute atomic E-state index is 0.0606. The quantitative estimate of drug-likeness (QED) is 0.818. The van der Waals surface area contributed by atoms with Crippen LogP contribution in [0.1, 0.15) is 25.0 Å². The molecule has 2 unspecified atom stereocenters. The van der Waals surface area contributed by atoms with Gasteiger partial charge in [-0.1, -0.05) is 0 Å². The van der Waals surface area contributed by atoms with Gasteiger partial charge in [-0.15, -0.1) is 0 Å². The largest absolute Gasteiger partial charge is 0.352 e. The van der Waals surface area contributed by atoms with E-state index in [2.05, 4.69) is 14.9 Å². The van der Waals surface area contributed by atoms with Crippen molar-refractivity contribution in [2.45, 2.75) is 42.8 Å². The van der Waals surface area contributed by atoms with Crippen molar-refractivity contribution in [1.82, 2.24) is 19.5 Å². The van der Waals surface area contributed by atoms with Crippen LogP contribution >= 0.6 is 0 Å². The summed E-state index contributed by atoms with van der Waals surface area (Å²) in [4.78, 5) is 2.77. The van der Waals surface area contributed by atoms with Crippen LogP contribution < -0.4 is 10.0 Å². The fourth-order valence-corrected chi connectivity index (χ4v) is 4.97. The van der Waals surface area contributed by atoms with E-state index in [4.69, 9.17) is 0 Å². The molecule has 3 rings (SSSR count). The topological polar surface area (TPSA) is 66.4 Å². The lowest BCUT2D eigenvalue weighted by Crippen LogP contribution is -2.42. The molecule has 0 spiro atoms. The predicted molar refractivity (Wildman–Crippen MR) is 81.5 cm³/mol. The van der Waals surface area contributed by atoms with Crippen molar-refractivity contribution in [3.05, 3.63) is 18.0 Å². The molecule has 0 aromatic carbocycles. The molecule has 2 saturated heterocycles. The normalized spacial score (nSPS) is 26.4. The molecule has 2 aliphatic heterocycles. The lowest BCUT2D eigenvalue weighted by atomic mass is 10.1. The van der Waals surface area contributed by atoms with E-state index in [1.165, 1.54) is 6.42 Å². The van der Waals surface area contributed by atoms with Gasteiger partial charge in [0.2, 0.25) is 10.0 Å². The Morgan fingerprint density at radius 3 is 2.90 bits per heavy atom. The summed E-state index contributed by atoms with van der Waals surface area (Å²) >= 11 is 0. The molecule has 1 aromatic heterocycles. The molecule has 0 bridgehead atoms. The fraction of sp³-hybridized carbons (Fsp3) is 0.714. The van der Waals surface area contributed by atoms with Crippen LogP contribution in [-0.2, 0) is 23.6 Å². The van der Waals surface area contributed by atoms with Gasteiger partial charge in [-0.25, -0.2) is 13.1 Å². The molecular formula is C14H24N4O2S. The van der Waals surface area contributed by atoms with Crippen LogP contribution in [0.3, 0.4) is 0 Å². The third kappa shape index (κ3) is 2.88. The number of aryl methyl sites for hydroxylation is 1. The standard InChI is InChI=1S/C14H24N4O2S/c1-15-9-11-8-12(10-17(11)2)21(19,20)16-13-5-7-18-6-3-4-14(13)18/h8,10,13-16H,3-7,9H2,1-2H3. The number of rotatable bonds is 5. The molecule has 2 aliphatic rings. The number of hydrogen-bond donors (Lipinski definition) is 2. The third-order valence-electron chi connectivity index (χ3n) is 4.66. The van der Waals surface area contributed by atoms with Gasteiger partial charge in [-0.2, -0.15) is 0 Å². The minimum atomic E-state index is -3.43. The van der Waals surface area contributed by atoms with Gasteiger partial charge >= 0.3 is 0 Å². The summed E-state index contributed by atoms with van der Waals surface area (Å²) in [5.41, 5.74) is 0.965. The molecule has 118 valence electrons. The summed E-state index contributed by atoms with van der Waals surface area (Å²) in [6.07, 6.45) is 4.89. The first-order valence-corrected chi connectivity index (χ1v) is 9.06. The van der Waals surface area contributed by atoms with Crippen molar-refractivity contribution in [3.63, 3.8) is 0 Å². The second kappa shape index (κ2) is 5.72. The van der Waals surface area contributed by atoms with Gasteiger partial charge in [0.25, 0.3) is 0 Å². The summed E-state index contributed by atoms with van der Waals surface area (Å²) in [6, 6.07) is 2.20. The Hall–Kier alpha value is -0.890. The molecule has 0 radical (unpaired) electrons. The van der Waals surface area contributed by atoms with Crippen molar-refractivity contribution >= 4 is 10.0 Å². The van der Waals surface area contributed by atoms with Crippen LogP contribution in [0.15, 0.2) is 17.2 Å². The van der Waals surface area contributed by atoms with Crippen molar-refractivity contribution in [1.29, 1.82) is 0 Å². The number of nitrogens with zero attached hydrogens (tertiary/aromatic N) is 2. The molecule has 2 fully saturated rings. The Morgan fingerprint density at radius 1 is 1.33 bits per heavy atom. The fourth-order valence-electron chi connectivity index (χ4n) is 3.57. The highest BCUT2D eigenvalue weighted by Gasteiger charge is 2.39. The average molecular weight is 312 g/mol. The second-order valence-electron chi connectivity index (χ2n) is 6.07. The number of fused-ring (bicyclic) bond motifs is 1. The highest BCUT2D eigenvalue weighted by atomic mass is 32.2. The minimum Gasteiger partial charge on any atom is -0.352 e. The molecule has 0 aliphatic carbocycles. The van der Waals surface area contributed by atoms with E-state index in [0.717, 1.165) is 31.6 Å². The van der Waals surface area contributed by atoms with Crippen molar-refractivity contribution in [2.75, 3.05) is 20.1 Å². The van der Waals surface area contributed by atoms with Crippen LogP contribution in [0.4, 0.5) is 0 Å². The van der Waals surface area contributed by atoms with Gasteiger partial charge in [-0.3, -0.25) is 4.90 Å². The molecule has 2 atom stereocenters. The van der Waals surface area contributed by atoms with Gasteiger partial charge in [0.15, 0.2) is 0 Å². The van der Waals surface area contributed by atoms with Crippen molar-refractivity contribution in [3.8, 4) is 0 Å². The van der Waals surface area contributed by atoms with Gasteiger partial charge in [0.1, 0.15) is 0 Å². The van der Waals surface area contributed by atoms with Gasteiger partial charge in [0, 0.05) is 44.1 Å². The van der Waals surface area contributed by atoms with Crippen LogP contribution in [0, 0.1) is 0 Å². The highest BCUT2D eigenvalue weighted by molar-refractivity contribution is 7.89.